The number of fused-ring (bicyclic) bond motifs is 1. The molecule has 2 aromatic rings. The Labute approximate surface area is 178 Å². The van der Waals surface area contributed by atoms with E-state index in [9.17, 15) is 22.4 Å². The second kappa shape index (κ2) is 9.75. The Balaban J connectivity index is 1.48. The van der Waals surface area contributed by atoms with Gasteiger partial charge in [0.1, 0.15) is 19.0 Å². The third-order valence-electron chi connectivity index (χ3n) is 4.25. The number of hydrogen-bond donors (Lipinski definition) is 2. The van der Waals surface area contributed by atoms with E-state index in [4.69, 9.17) is 14.2 Å². The molecule has 0 bridgehead atoms. The largest absolute Gasteiger partial charge is 0.486 e. The summed E-state index contributed by atoms with van der Waals surface area (Å²) in [7, 11) is -3.89. The van der Waals surface area contributed by atoms with Gasteiger partial charge in [-0.2, -0.15) is 0 Å². The van der Waals surface area contributed by atoms with Crippen LogP contribution in [-0.2, 0) is 24.3 Å². The van der Waals surface area contributed by atoms with Crippen LogP contribution < -0.4 is 19.5 Å². The SMILES string of the molecule is C[C@H](OC(=O)CCNS(=O)(=O)c1ccc2c(c1)OCCO2)C(=O)Nc1ccccc1F. The van der Waals surface area contributed by atoms with Gasteiger partial charge < -0.3 is 19.5 Å². The van der Waals surface area contributed by atoms with E-state index < -0.39 is 33.8 Å². The molecule has 9 nitrogen and oxygen atoms in total. The maximum atomic E-state index is 13.6. The monoisotopic (exact) mass is 452 g/mol. The summed E-state index contributed by atoms with van der Waals surface area (Å²) >= 11 is 0. The van der Waals surface area contributed by atoms with Crippen molar-refractivity contribution >= 4 is 27.6 Å². The molecule has 0 saturated carbocycles. The molecule has 3 rings (SSSR count). The number of carbonyl (C=O) groups excluding carboxylic acids is 2. The van der Waals surface area contributed by atoms with Gasteiger partial charge in [-0.05, 0) is 31.2 Å². The average Bonchev–Trinajstić information content (AvgIpc) is 2.74. The van der Waals surface area contributed by atoms with Crippen molar-refractivity contribution in [2.75, 3.05) is 25.1 Å². The van der Waals surface area contributed by atoms with Gasteiger partial charge >= 0.3 is 5.97 Å². The van der Waals surface area contributed by atoms with Crippen molar-refractivity contribution in [1.82, 2.24) is 4.72 Å². The molecular formula is C20H21FN2O7S. The van der Waals surface area contributed by atoms with E-state index in [1.54, 1.807) is 6.07 Å². The Morgan fingerprint density at radius 3 is 2.58 bits per heavy atom. The lowest BCUT2D eigenvalue weighted by Crippen LogP contribution is -2.32. The molecule has 2 N–H and O–H groups in total. The Kier molecular flexibility index (Phi) is 7.08. The molecule has 0 saturated heterocycles. The van der Waals surface area contributed by atoms with E-state index in [0.717, 1.165) is 0 Å². The number of para-hydroxylation sites is 1. The van der Waals surface area contributed by atoms with Crippen LogP contribution in [0.3, 0.4) is 0 Å². The molecule has 0 radical (unpaired) electrons. The van der Waals surface area contributed by atoms with Gasteiger partial charge in [0.05, 0.1) is 17.0 Å². The quantitative estimate of drug-likeness (QED) is 0.587. The number of sulfonamides is 1. The standard InChI is InChI=1S/C20H21FN2O7S/c1-13(20(25)23-16-5-3-2-4-15(16)21)30-19(24)8-9-22-31(26,27)14-6-7-17-18(12-14)29-11-10-28-17/h2-7,12-13,22H,8-11H2,1H3,(H,23,25)/t13-/m0/s1. The molecule has 1 amide bonds. The van der Waals surface area contributed by atoms with Crippen molar-refractivity contribution < 1.29 is 36.6 Å². The number of carbonyl (C=O) groups is 2. The molecule has 1 atom stereocenters. The Bertz CT molecular complexity index is 1070. The van der Waals surface area contributed by atoms with Gasteiger partial charge in [0, 0.05) is 12.6 Å². The first-order valence-electron chi connectivity index (χ1n) is 9.40. The van der Waals surface area contributed by atoms with Crippen LogP contribution in [0.1, 0.15) is 13.3 Å². The molecular weight excluding hydrogens is 431 g/mol. The van der Waals surface area contributed by atoms with Gasteiger partial charge in [0.15, 0.2) is 17.6 Å². The summed E-state index contributed by atoms with van der Waals surface area (Å²) in [6, 6.07) is 9.76. The van der Waals surface area contributed by atoms with E-state index in [2.05, 4.69) is 10.0 Å². The lowest BCUT2D eigenvalue weighted by molar-refractivity contribution is -0.152. The smallest absolute Gasteiger partial charge is 0.307 e. The highest BCUT2D eigenvalue weighted by atomic mass is 32.2. The fourth-order valence-corrected chi connectivity index (χ4v) is 3.72. The number of benzene rings is 2. The van der Waals surface area contributed by atoms with Crippen LogP contribution in [0.15, 0.2) is 47.4 Å². The van der Waals surface area contributed by atoms with Crippen molar-refractivity contribution in [3.05, 3.63) is 48.3 Å². The molecule has 1 aliphatic heterocycles. The van der Waals surface area contributed by atoms with Crippen molar-refractivity contribution in [3.8, 4) is 11.5 Å². The number of hydrogen-bond acceptors (Lipinski definition) is 7. The first-order chi connectivity index (χ1) is 14.8. The highest BCUT2D eigenvalue weighted by Gasteiger charge is 2.21. The second-order valence-corrected chi connectivity index (χ2v) is 8.32. The lowest BCUT2D eigenvalue weighted by Gasteiger charge is -2.19. The van der Waals surface area contributed by atoms with Crippen molar-refractivity contribution in [3.63, 3.8) is 0 Å². The number of anilines is 1. The summed E-state index contributed by atoms with van der Waals surface area (Å²) in [4.78, 5) is 24.0. The minimum atomic E-state index is -3.89. The fraction of sp³-hybridized carbons (Fsp3) is 0.300. The molecule has 11 heteroatoms. The van der Waals surface area contributed by atoms with Crippen molar-refractivity contribution in [2.24, 2.45) is 0 Å². The third-order valence-corrected chi connectivity index (χ3v) is 5.71. The van der Waals surface area contributed by atoms with Crippen LogP contribution >= 0.6 is 0 Å². The molecule has 0 aliphatic carbocycles. The number of halogens is 1. The van der Waals surface area contributed by atoms with Crippen LogP contribution in [0.5, 0.6) is 11.5 Å². The normalized spacial score (nSPS) is 13.9. The molecule has 0 unspecified atom stereocenters. The van der Waals surface area contributed by atoms with Crippen molar-refractivity contribution in [2.45, 2.75) is 24.3 Å². The second-order valence-electron chi connectivity index (χ2n) is 6.55. The van der Waals surface area contributed by atoms with Gasteiger partial charge in [-0.15, -0.1) is 0 Å². The summed E-state index contributed by atoms with van der Waals surface area (Å²) in [6.45, 7) is 1.79. The predicted molar refractivity (Wildman–Crippen MR) is 108 cm³/mol. The average molecular weight is 452 g/mol. The molecule has 0 aromatic heterocycles. The summed E-state index contributed by atoms with van der Waals surface area (Å²) in [5.74, 6) is -1.35. The van der Waals surface area contributed by atoms with E-state index in [-0.39, 0.29) is 23.5 Å². The van der Waals surface area contributed by atoms with Crippen LogP contribution in [0.4, 0.5) is 10.1 Å². The predicted octanol–water partition coefficient (Wildman–Crippen LogP) is 1.84. The third kappa shape index (κ3) is 5.92. The molecule has 1 heterocycles. The number of amides is 1. The maximum Gasteiger partial charge on any atom is 0.307 e. The van der Waals surface area contributed by atoms with E-state index in [1.165, 1.54) is 43.3 Å². The van der Waals surface area contributed by atoms with Crippen LogP contribution in [0.25, 0.3) is 0 Å². The first-order valence-corrected chi connectivity index (χ1v) is 10.9. The minimum absolute atomic E-state index is 0.0391. The topological polar surface area (TPSA) is 120 Å². The van der Waals surface area contributed by atoms with E-state index in [1.807, 2.05) is 0 Å². The summed E-state index contributed by atoms with van der Waals surface area (Å²) in [6.07, 6.45) is -1.50. The fourth-order valence-electron chi connectivity index (χ4n) is 2.67. The van der Waals surface area contributed by atoms with Crippen molar-refractivity contribution in [1.29, 1.82) is 0 Å². The molecule has 166 valence electrons. The zero-order valence-electron chi connectivity index (χ0n) is 16.6. The molecule has 31 heavy (non-hydrogen) atoms. The van der Waals surface area contributed by atoms with Crippen LogP contribution in [0, 0.1) is 5.82 Å². The van der Waals surface area contributed by atoms with Crippen LogP contribution in [0.2, 0.25) is 0 Å². The van der Waals surface area contributed by atoms with Gasteiger partial charge in [0.25, 0.3) is 5.91 Å². The van der Waals surface area contributed by atoms with Crippen LogP contribution in [-0.4, -0.2) is 46.2 Å². The zero-order chi connectivity index (χ0) is 22.4. The molecule has 0 fully saturated rings. The highest BCUT2D eigenvalue weighted by molar-refractivity contribution is 7.89. The number of esters is 1. The van der Waals surface area contributed by atoms with Gasteiger partial charge in [0.2, 0.25) is 10.0 Å². The number of nitrogens with one attached hydrogen (secondary N) is 2. The summed E-state index contributed by atoms with van der Waals surface area (Å²) < 4.78 is 56.4. The Hall–Kier alpha value is -3.18. The minimum Gasteiger partial charge on any atom is -0.486 e. The Morgan fingerprint density at radius 2 is 1.84 bits per heavy atom. The van der Waals surface area contributed by atoms with E-state index in [0.29, 0.717) is 24.7 Å². The number of ether oxygens (including phenoxy) is 3. The zero-order valence-corrected chi connectivity index (χ0v) is 17.4. The Morgan fingerprint density at radius 1 is 1.13 bits per heavy atom. The molecule has 1 aliphatic rings. The van der Waals surface area contributed by atoms with Gasteiger partial charge in [-0.25, -0.2) is 17.5 Å². The summed E-state index contributed by atoms with van der Waals surface area (Å²) in [5.41, 5.74) is -0.0393. The maximum absolute atomic E-state index is 13.6. The van der Waals surface area contributed by atoms with E-state index >= 15 is 0 Å². The first kappa shape index (κ1) is 22.5. The number of rotatable bonds is 8. The summed E-state index contributed by atoms with van der Waals surface area (Å²) in [5, 5.41) is 2.32. The molecule has 0 spiro atoms. The van der Waals surface area contributed by atoms with Gasteiger partial charge in [-0.1, -0.05) is 12.1 Å². The lowest BCUT2D eigenvalue weighted by atomic mass is 10.3. The van der Waals surface area contributed by atoms with Gasteiger partial charge in [-0.3, -0.25) is 9.59 Å². The molecule has 2 aromatic carbocycles. The highest BCUT2D eigenvalue weighted by Crippen LogP contribution is 2.32.